The van der Waals surface area contributed by atoms with E-state index in [1.807, 2.05) is 0 Å². The number of amides is 1. The van der Waals surface area contributed by atoms with E-state index in [1.165, 1.54) is 12.8 Å². The van der Waals surface area contributed by atoms with E-state index in [9.17, 15) is 4.79 Å². The number of carbonyl (C=O) groups excluding carboxylic acids is 1. The number of halogens is 3. The number of hydrogen-bond donors (Lipinski definition) is 1. The van der Waals surface area contributed by atoms with E-state index in [4.69, 9.17) is 23.2 Å². The molecule has 0 spiro atoms. The molecule has 0 radical (unpaired) electrons. The molecule has 1 aromatic rings. The molecule has 0 saturated heterocycles. The van der Waals surface area contributed by atoms with Gasteiger partial charge in [0.15, 0.2) is 0 Å². The van der Waals surface area contributed by atoms with E-state index in [-0.39, 0.29) is 11.3 Å². The fourth-order valence-corrected chi connectivity index (χ4v) is 3.77. The molecule has 1 fully saturated rings. The lowest BCUT2D eigenvalue weighted by atomic mass is 9.89. The molecule has 0 unspecified atom stereocenters. The van der Waals surface area contributed by atoms with Gasteiger partial charge in [0.1, 0.15) is 0 Å². The molecular formula is C14H16BrCl2NO. The van der Waals surface area contributed by atoms with Crippen LogP contribution >= 0.6 is 39.1 Å². The Labute approximate surface area is 132 Å². The van der Waals surface area contributed by atoms with Gasteiger partial charge in [-0.3, -0.25) is 4.79 Å². The molecule has 0 aliphatic heterocycles. The van der Waals surface area contributed by atoms with Gasteiger partial charge in [0.2, 0.25) is 0 Å². The summed E-state index contributed by atoms with van der Waals surface area (Å²) in [7, 11) is 0. The molecule has 1 aliphatic rings. The van der Waals surface area contributed by atoms with Crippen molar-refractivity contribution in [2.45, 2.75) is 25.7 Å². The van der Waals surface area contributed by atoms with Gasteiger partial charge in [0.25, 0.3) is 5.91 Å². The first-order chi connectivity index (χ1) is 9.06. The second kappa shape index (κ2) is 6.47. The highest BCUT2D eigenvalue weighted by Crippen LogP contribution is 2.39. The van der Waals surface area contributed by atoms with Gasteiger partial charge in [-0.1, -0.05) is 52.0 Å². The van der Waals surface area contributed by atoms with E-state index in [2.05, 4.69) is 21.2 Å². The van der Waals surface area contributed by atoms with Crippen molar-refractivity contribution in [1.29, 1.82) is 0 Å². The SMILES string of the molecule is O=C(NCC1(CBr)CCCC1)c1ccc(Cl)cc1Cl. The van der Waals surface area contributed by atoms with Crippen molar-refractivity contribution in [3.8, 4) is 0 Å². The first-order valence-electron chi connectivity index (χ1n) is 6.36. The fourth-order valence-electron chi connectivity index (χ4n) is 2.52. The largest absolute Gasteiger partial charge is 0.351 e. The van der Waals surface area contributed by atoms with Gasteiger partial charge >= 0.3 is 0 Å². The summed E-state index contributed by atoms with van der Waals surface area (Å²) < 4.78 is 0. The third-order valence-corrected chi connectivity index (χ3v) is 5.48. The standard InChI is InChI=1S/C14H16BrCl2NO/c15-8-14(5-1-2-6-14)9-18-13(19)11-4-3-10(16)7-12(11)17/h3-4,7H,1-2,5-6,8-9H2,(H,18,19). The lowest BCUT2D eigenvalue weighted by Gasteiger charge is -2.26. The number of alkyl halides is 1. The topological polar surface area (TPSA) is 29.1 Å². The van der Waals surface area contributed by atoms with Crippen LogP contribution in [0.2, 0.25) is 10.0 Å². The van der Waals surface area contributed by atoms with E-state index < -0.39 is 0 Å². The van der Waals surface area contributed by atoms with Gasteiger partial charge < -0.3 is 5.32 Å². The molecule has 1 aromatic carbocycles. The Balaban J connectivity index is 2.01. The van der Waals surface area contributed by atoms with Gasteiger partial charge in [-0.2, -0.15) is 0 Å². The fraction of sp³-hybridized carbons (Fsp3) is 0.500. The van der Waals surface area contributed by atoms with Gasteiger partial charge in [-0.25, -0.2) is 0 Å². The number of carbonyl (C=O) groups is 1. The molecule has 2 nitrogen and oxygen atoms in total. The second-order valence-electron chi connectivity index (χ2n) is 5.15. The highest BCUT2D eigenvalue weighted by molar-refractivity contribution is 9.09. The average molecular weight is 365 g/mol. The lowest BCUT2D eigenvalue weighted by Crippen LogP contribution is -2.37. The molecule has 19 heavy (non-hydrogen) atoms. The molecule has 0 aromatic heterocycles. The summed E-state index contributed by atoms with van der Waals surface area (Å²) in [5.74, 6) is -0.131. The van der Waals surface area contributed by atoms with Crippen molar-refractivity contribution >= 4 is 45.0 Å². The quantitative estimate of drug-likeness (QED) is 0.772. The highest BCUT2D eigenvalue weighted by atomic mass is 79.9. The zero-order chi connectivity index (χ0) is 13.9. The van der Waals surface area contributed by atoms with E-state index in [0.29, 0.717) is 22.2 Å². The van der Waals surface area contributed by atoms with Crippen LogP contribution in [-0.4, -0.2) is 17.8 Å². The van der Waals surface area contributed by atoms with Gasteiger partial charge in [-0.05, 0) is 36.5 Å². The first kappa shape index (κ1) is 15.1. The zero-order valence-electron chi connectivity index (χ0n) is 10.5. The summed E-state index contributed by atoms with van der Waals surface area (Å²) in [6, 6.07) is 4.93. The third-order valence-electron chi connectivity index (χ3n) is 3.75. The third kappa shape index (κ3) is 3.65. The van der Waals surface area contributed by atoms with Crippen LogP contribution in [-0.2, 0) is 0 Å². The summed E-state index contributed by atoms with van der Waals surface area (Å²) in [5, 5.41) is 4.85. The molecule has 5 heteroatoms. The van der Waals surface area contributed by atoms with Crippen molar-refractivity contribution < 1.29 is 4.79 Å². The van der Waals surface area contributed by atoms with E-state index >= 15 is 0 Å². The summed E-state index contributed by atoms with van der Waals surface area (Å²) in [6.07, 6.45) is 4.80. The monoisotopic (exact) mass is 363 g/mol. The van der Waals surface area contributed by atoms with E-state index in [0.717, 1.165) is 18.2 Å². The van der Waals surface area contributed by atoms with Gasteiger partial charge in [0.05, 0.1) is 10.6 Å². The summed E-state index contributed by atoms with van der Waals surface area (Å²) in [4.78, 5) is 12.1. The van der Waals surface area contributed by atoms with Crippen LogP contribution < -0.4 is 5.32 Å². The Morgan fingerprint density at radius 3 is 2.58 bits per heavy atom. The average Bonchev–Trinajstić information content (AvgIpc) is 2.85. The van der Waals surface area contributed by atoms with Crippen LogP contribution in [0.3, 0.4) is 0 Å². The minimum atomic E-state index is -0.131. The zero-order valence-corrected chi connectivity index (χ0v) is 13.6. The van der Waals surface area contributed by atoms with Crippen LogP contribution in [0.5, 0.6) is 0 Å². The first-order valence-corrected chi connectivity index (χ1v) is 8.23. The van der Waals surface area contributed by atoms with Crippen LogP contribution in [0.25, 0.3) is 0 Å². The second-order valence-corrected chi connectivity index (χ2v) is 6.55. The minimum absolute atomic E-state index is 0.131. The van der Waals surface area contributed by atoms with Gasteiger partial charge in [0, 0.05) is 16.9 Å². The smallest absolute Gasteiger partial charge is 0.252 e. The van der Waals surface area contributed by atoms with Crippen molar-refractivity contribution in [2.24, 2.45) is 5.41 Å². The Kier molecular flexibility index (Phi) is 5.15. The summed E-state index contributed by atoms with van der Waals surface area (Å²) in [6.45, 7) is 0.691. The van der Waals surface area contributed by atoms with Gasteiger partial charge in [-0.15, -0.1) is 0 Å². The molecule has 1 amide bonds. The van der Waals surface area contributed by atoms with Crippen LogP contribution in [0, 0.1) is 5.41 Å². The van der Waals surface area contributed by atoms with Crippen molar-refractivity contribution in [3.63, 3.8) is 0 Å². The van der Waals surface area contributed by atoms with Crippen LogP contribution in [0.1, 0.15) is 36.0 Å². The number of hydrogen-bond acceptors (Lipinski definition) is 1. The number of benzene rings is 1. The van der Waals surface area contributed by atoms with Crippen molar-refractivity contribution in [2.75, 3.05) is 11.9 Å². The van der Waals surface area contributed by atoms with E-state index in [1.54, 1.807) is 18.2 Å². The highest BCUT2D eigenvalue weighted by Gasteiger charge is 2.33. The summed E-state index contributed by atoms with van der Waals surface area (Å²) >= 11 is 15.4. The molecule has 0 atom stereocenters. The number of nitrogens with one attached hydrogen (secondary N) is 1. The number of rotatable bonds is 4. The maximum Gasteiger partial charge on any atom is 0.252 e. The normalized spacial score (nSPS) is 17.4. The molecule has 0 heterocycles. The lowest BCUT2D eigenvalue weighted by molar-refractivity contribution is 0.0935. The molecular weight excluding hydrogens is 349 g/mol. The van der Waals surface area contributed by atoms with Crippen molar-refractivity contribution in [3.05, 3.63) is 33.8 Å². The Morgan fingerprint density at radius 2 is 2.00 bits per heavy atom. The molecule has 0 bridgehead atoms. The molecule has 104 valence electrons. The molecule has 1 aliphatic carbocycles. The Bertz CT molecular complexity index is 473. The predicted octanol–water partition coefficient (Wildman–Crippen LogP) is 4.68. The van der Waals surface area contributed by atoms with Crippen LogP contribution in [0.4, 0.5) is 0 Å². The van der Waals surface area contributed by atoms with Crippen molar-refractivity contribution in [1.82, 2.24) is 5.32 Å². The predicted molar refractivity (Wildman–Crippen MR) is 83.5 cm³/mol. The summed E-state index contributed by atoms with van der Waals surface area (Å²) in [5.41, 5.74) is 0.683. The molecule has 1 saturated carbocycles. The molecule has 1 N–H and O–H groups in total. The Morgan fingerprint density at radius 1 is 1.32 bits per heavy atom. The van der Waals surface area contributed by atoms with Crippen LogP contribution in [0.15, 0.2) is 18.2 Å². The molecule has 2 rings (SSSR count). The maximum absolute atomic E-state index is 12.1. The maximum atomic E-state index is 12.1. The Hall–Kier alpha value is -0.250. The minimum Gasteiger partial charge on any atom is -0.351 e.